The molecule has 0 bridgehead atoms. The quantitative estimate of drug-likeness (QED) is 0.392. The Morgan fingerprint density at radius 3 is 2.20 bits per heavy atom. The lowest BCUT2D eigenvalue weighted by atomic mass is 9.81. The normalized spacial score (nSPS) is 45.5. The topological polar surface area (TPSA) is 140 Å². The molecule has 0 spiro atoms. The van der Waals surface area contributed by atoms with Crippen molar-refractivity contribution in [3.63, 3.8) is 0 Å². The molecule has 0 radical (unpaired) electrons. The number of esters is 1. The third-order valence-electron chi connectivity index (χ3n) is 7.41. The molecular formula is C26H42O9. The second kappa shape index (κ2) is 12.5. The number of ether oxygens (including phenoxy) is 3. The number of cyclic esters (lactones) is 1. The maximum absolute atomic E-state index is 13.4. The van der Waals surface area contributed by atoms with E-state index in [0.29, 0.717) is 12.8 Å². The Morgan fingerprint density at radius 2 is 1.60 bits per heavy atom. The van der Waals surface area contributed by atoms with E-state index in [1.807, 2.05) is 20.8 Å². The van der Waals surface area contributed by atoms with Gasteiger partial charge in [0, 0.05) is 17.8 Å². The van der Waals surface area contributed by atoms with Crippen LogP contribution in [0.4, 0.5) is 0 Å². The standard InChI is InChI=1S/C26H42O9/c1-8-19-12(2)9-10-18(27)13(3)11-14(4)24(15(5)20(28)16(6)25(32)34-19)35-26-23(31)22(30)21(29)17(7)33-26/h9-10,12-17,19,21-24,26,29-31H,8,11H2,1-7H3/b10-9+/t12-,13-,14+,15+,16-,17+,19?,21+,22-,23-,24+,26+/m1/s1. The lowest BCUT2D eigenvalue weighted by molar-refractivity contribution is -0.310. The third kappa shape index (κ3) is 6.98. The molecule has 200 valence electrons. The van der Waals surface area contributed by atoms with Crippen molar-refractivity contribution in [1.29, 1.82) is 0 Å². The average molecular weight is 499 g/mol. The first-order valence-corrected chi connectivity index (χ1v) is 12.6. The van der Waals surface area contributed by atoms with Crippen LogP contribution >= 0.6 is 0 Å². The highest BCUT2D eigenvalue weighted by atomic mass is 16.7. The van der Waals surface area contributed by atoms with Crippen LogP contribution in [0.1, 0.15) is 61.3 Å². The molecule has 2 heterocycles. The van der Waals surface area contributed by atoms with E-state index in [-0.39, 0.29) is 29.3 Å². The molecule has 0 aromatic heterocycles. The fraction of sp³-hybridized carbons (Fsp3) is 0.808. The Kier molecular flexibility index (Phi) is 10.6. The van der Waals surface area contributed by atoms with E-state index in [1.54, 1.807) is 19.9 Å². The molecule has 0 aromatic rings. The van der Waals surface area contributed by atoms with Gasteiger partial charge in [-0.1, -0.05) is 40.7 Å². The van der Waals surface area contributed by atoms with Crippen molar-refractivity contribution in [2.24, 2.45) is 29.6 Å². The number of aliphatic hydroxyl groups is 3. The van der Waals surface area contributed by atoms with E-state index >= 15 is 0 Å². The Morgan fingerprint density at radius 1 is 0.971 bits per heavy atom. The predicted octanol–water partition coefficient (Wildman–Crippen LogP) is 1.80. The fourth-order valence-electron chi connectivity index (χ4n) is 4.85. The average Bonchev–Trinajstić information content (AvgIpc) is 2.83. The summed E-state index contributed by atoms with van der Waals surface area (Å²) in [5, 5.41) is 30.6. The van der Waals surface area contributed by atoms with Crippen LogP contribution < -0.4 is 0 Å². The van der Waals surface area contributed by atoms with E-state index in [4.69, 9.17) is 14.2 Å². The number of aliphatic hydroxyl groups excluding tert-OH is 3. The second-order valence-corrected chi connectivity index (χ2v) is 10.3. The smallest absolute Gasteiger partial charge is 0.316 e. The Labute approximate surface area is 207 Å². The number of Topliss-reactive ketones (excluding diaryl/α,β-unsaturated/α-hetero) is 1. The third-order valence-corrected chi connectivity index (χ3v) is 7.41. The van der Waals surface area contributed by atoms with Crippen LogP contribution in [0.2, 0.25) is 0 Å². The lowest BCUT2D eigenvalue weighted by Gasteiger charge is -2.42. The van der Waals surface area contributed by atoms with Gasteiger partial charge in [0.1, 0.15) is 30.3 Å². The molecule has 2 rings (SSSR count). The van der Waals surface area contributed by atoms with Gasteiger partial charge >= 0.3 is 5.97 Å². The molecule has 9 nitrogen and oxygen atoms in total. The van der Waals surface area contributed by atoms with Crippen LogP contribution in [0.25, 0.3) is 0 Å². The number of carbonyl (C=O) groups is 3. The van der Waals surface area contributed by atoms with Crippen molar-refractivity contribution in [3.8, 4) is 0 Å². The van der Waals surface area contributed by atoms with Gasteiger partial charge in [-0.2, -0.15) is 0 Å². The van der Waals surface area contributed by atoms with Crippen molar-refractivity contribution < 1.29 is 43.9 Å². The van der Waals surface area contributed by atoms with Gasteiger partial charge in [-0.05, 0) is 38.7 Å². The van der Waals surface area contributed by atoms with Crippen molar-refractivity contribution in [2.75, 3.05) is 0 Å². The van der Waals surface area contributed by atoms with Crippen LogP contribution in [0.15, 0.2) is 12.2 Å². The number of rotatable bonds is 3. The molecule has 35 heavy (non-hydrogen) atoms. The zero-order valence-corrected chi connectivity index (χ0v) is 21.8. The highest BCUT2D eigenvalue weighted by molar-refractivity contribution is 6.00. The molecule has 1 saturated heterocycles. The van der Waals surface area contributed by atoms with Crippen molar-refractivity contribution in [3.05, 3.63) is 12.2 Å². The molecule has 1 fully saturated rings. The number of ketones is 2. The first kappa shape index (κ1) is 29.6. The summed E-state index contributed by atoms with van der Waals surface area (Å²) in [5.74, 6) is -3.87. The minimum atomic E-state index is -1.54. The fourth-order valence-corrected chi connectivity index (χ4v) is 4.85. The molecule has 2 aliphatic rings. The van der Waals surface area contributed by atoms with E-state index in [0.717, 1.165) is 0 Å². The molecule has 0 aromatic carbocycles. The van der Waals surface area contributed by atoms with Crippen molar-refractivity contribution >= 4 is 17.5 Å². The molecule has 0 saturated carbocycles. The summed E-state index contributed by atoms with van der Waals surface area (Å²) < 4.78 is 17.3. The van der Waals surface area contributed by atoms with Crippen molar-refractivity contribution in [2.45, 2.75) is 104 Å². The van der Waals surface area contributed by atoms with E-state index < -0.39 is 60.7 Å². The summed E-state index contributed by atoms with van der Waals surface area (Å²) in [5.41, 5.74) is 0. The van der Waals surface area contributed by atoms with E-state index in [9.17, 15) is 29.7 Å². The zero-order chi connectivity index (χ0) is 26.6. The number of hydrogen-bond donors (Lipinski definition) is 3. The Bertz CT molecular complexity index is 781. The summed E-state index contributed by atoms with van der Waals surface area (Å²) in [7, 11) is 0. The minimum absolute atomic E-state index is 0.0887. The Balaban J connectivity index is 2.39. The molecule has 2 aliphatic heterocycles. The van der Waals surface area contributed by atoms with Crippen LogP contribution in [-0.4, -0.2) is 75.8 Å². The maximum Gasteiger partial charge on any atom is 0.316 e. The van der Waals surface area contributed by atoms with E-state index in [1.165, 1.54) is 19.9 Å². The number of hydrogen-bond acceptors (Lipinski definition) is 9. The summed E-state index contributed by atoms with van der Waals surface area (Å²) in [4.78, 5) is 39.0. The summed E-state index contributed by atoms with van der Waals surface area (Å²) >= 11 is 0. The summed E-state index contributed by atoms with van der Waals surface area (Å²) in [6.07, 6.45) is -3.57. The largest absolute Gasteiger partial charge is 0.461 e. The first-order chi connectivity index (χ1) is 16.3. The maximum atomic E-state index is 13.4. The molecular weight excluding hydrogens is 456 g/mol. The van der Waals surface area contributed by atoms with Gasteiger partial charge in [0.05, 0.1) is 12.2 Å². The Hall–Kier alpha value is -1.65. The van der Waals surface area contributed by atoms with Gasteiger partial charge in [0.2, 0.25) is 0 Å². The SMILES string of the molecule is CCC1OC(=O)[C@H](C)C(=O)[C@H](C)[C@@H](O[C@@H]2O[C@@H](C)[C@H](O)[C@@H](O)[C@H]2O)[C@@H](C)C[C@@H](C)C(=O)/C=C/[C@H]1C. The minimum Gasteiger partial charge on any atom is -0.461 e. The molecule has 9 heteroatoms. The van der Waals surface area contributed by atoms with Gasteiger partial charge in [-0.15, -0.1) is 0 Å². The summed E-state index contributed by atoms with van der Waals surface area (Å²) in [6, 6.07) is 0. The molecule has 12 atom stereocenters. The van der Waals surface area contributed by atoms with Crippen LogP contribution in [0.5, 0.6) is 0 Å². The van der Waals surface area contributed by atoms with Gasteiger partial charge in [-0.25, -0.2) is 0 Å². The van der Waals surface area contributed by atoms with Gasteiger partial charge in [0.25, 0.3) is 0 Å². The van der Waals surface area contributed by atoms with Crippen LogP contribution in [-0.2, 0) is 28.6 Å². The van der Waals surface area contributed by atoms with Crippen LogP contribution in [0.3, 0.4) is 0 Å². The monoisotopic (exact) mass is 498 g/mol. The summed E-state index contributed by atoms with van der Waals surface area (Å²) in [6.45, 7) is 12.0. The number of allylic oxidation sites excluding steroid dienone is 1. The van der Waals surface area contributed by atoms with Gasteiger partial charge in [-0.3, -0.25) is 14.4 Å². The highest BCUT2D eigenvalue weighted by Gasteiger charge is 2.46. The van der Waals surface area contributed by atoms with Crippen molar-refractivity contribution in [1.82, 2.24) is 0 Å². The molecule has 0 amide bonds. The predicted molar refractivity (Wildman–Crippen MR) is 127 cm³/mol. The van der Waals surface area contributed by atoms with Crippen LogP contribution in [0, 0.1) is 29.6 Å². The first-order valence-electron chi connectivity index (χ1n) is 12.6. The lowest BCUT2D eigenvalue weighted by Crippen LogP contribution is -2.58. The molecule has 3 N–H and O–H groups in total. The zero-order valence-electron chi connectivity index (χ0n) is 21.8. The second-order valence-electron chi connectivity index (χ2n) is 10.3. The molecule has 0 aliphatic carbocycles. The highest BCUT2D eigenvalue weighted by Crippen LogP contribution is 2.32. The van der Waals surface area contributed by atoms with E-state index in [2.05, 4.69) is 0 Å². The number of carbonyl (C=O) groups excluding carboxylic acids is 3. The van der Waals surface area contributed by atoms with Gasteiger partial charge in [0.15, 0.2) is 17.9 Å². The molecule has 1 unspecified atom stereocenters. The van der Waals surface area contributed by atoms with Gasteiger partial charge < -0.3 is 29.5 Å².